The molecule has 0 atom stereocenters. The first-order valence-electron chi connectivity index (χ1n) is 9.40. The van der Waals surface area contributed by atoms with E-state index in [9.17, 15) is 9.59 Å². The molecule has 0 radical (unpaired) electrons. The number of carbonyl (C=O) groups is 2. The molecule has 0 bridgehead atoms. The van der Waals surface area contributed by atoms with Crippen molar-refractivity contribution in [1.82, 2.24) is 9.13 Å². The lowest BCUT2D eigenvalue weighted by atomic mass is 10.1. The van der Waals surface area contributed by atoms with Gasteiger partial charge in [0.05, 0.1) is 5.56 Å². The van der Waals surface area contributed by atoms with Crippen molar-refractivity contribution in [2.45, 2.75) is 66.5 Å². The van der Waals surface area contributed by atoms with Gasteiger partial charge in [-0.1, -0.05) is 6.92 Å². The van der Waals surface area contributed by atoms with E-state index >= 15 is 0 Å². The first-order chi connectivity index (χ1) is 12.3. The third-order valence-electron chi connectivity index (χ3n) is 5.27. The van der Waals surface area contributed by atoms with Crippen molar-refractivity contribution in [2.75, 3.05) is 6.61 Å². The number of aryl methyl sites for hydroxylation is 2. The maximum Gasteiger partial charge on any atom is 0.340 e. The molecule has 1 aliphatic rings. The molecule has 0 N–H and O–H groups in total. The molecule has 2 aromatic heterocycles. The zero-order chi connectivity index (χ0) is 19.0. The van der Waals surface area contributed by atoms with E-state index in [1.54, 1.807) is 0 Å². The van der Waals surface area contributed by atoms with Crippen LogP contribution in [0.25, 0.3) is 0 Å². The Labute approximate surface area is 155 Å². The van der Waals surface area contributed by atoms with Gasteiger partial charge in [0.2, 0.25) is 5.78 Å². The van der Waals surface area contributed by atoms with Gasteiger partial charge in [0, 0.05) is 40.9 Å². The monoisotopic (exact) mass is 356 g/mol. The molecule has 1 aliphatic carbocycles. The minimum Gasteiger partial charge on any atom is -0.454 e. The van der Waals surface area contributed by atoms with Crippen LogP contribution in [-0.2, 0) is 11.3 Å². The molecule has 0 aromatic carbocycles. The lowest BCUT2D eigenvalue weighted by molar-refractivity contribution is 0.0473. The first kappa shape index (κ1) is 18.5. The fourth-order valence-corrected chi connectivity index (χ4v) is 3.82. The number of rotatable bonds is 7. The van der Waals surface area contributed by atoms with Gasteiger partial charge in [-0.2, -0.15) is 0 Å². The summed E-state index contributed by atoms with van der Waals surface area (Å²) in [7, 11) is 0. The Morgan fingerprint density at radius 3 is 2.31 bits per heavy atom. The zero-order valence-corrected chi connectivity index (χ0v) is 16.4. The summed E-state index contributed by atoms with van der Waals surface area (Å²) in [4.78, 5) is 25.0. The number of ketones is 1. The average Bonchev–Trinajstić information content (AvgIpc) is 3.33. The van der Waals surface area contributed by atoms with Crippen molar-refractivity contribution in [3.63, 3.8) is 0 Å². The van der Waals surface area contributed by atoms with Gasteiger partial charge in [-0.3, -0.25) is 4.79 Å². The fourth-order valence-electron chi connectivity index (χ4n) is 3.82. The SMILES string of the molecule is CCCn1c(C)cc(C(=O)COC(=O)c2cc(C)n(C3CC3)c2C)c1C. The van der Waals surface area contributed by atoms with Crippen LogP contribution >= 0.6 is 0 Å². The highest BCUT2D eigenvalue weighted by Crippen LogP contribution is 2.38. The zero-order valence-electron chi connectivity index (χ0n) is 16.4. The van der Waals surface area contributed by atoms with Crippen LogP contribution in [-0.4, -0.2) is 27.5 Å². The molecule has 3 rings (SSSR count). The van der Waals surface area contributed by atoms with Crippen molar-refractivity contribution in [1.29, 1.82) is 0 Å². The Kier molecular flexibility index (Phi) is 5.08. The van der Waals surface area contributed by atoms with Crippen molar-refractivity contribution < 1.29 is 14.3 Å². The lowest BCUT2D eigenvalue weighted by Gasteiger charge is -2.09. The molecule has 0 saturated heterocycles. The van der Waals surface area contributed by atoms with Crippen LogP contribution in [0.2, 0.25) is 0 Å². The largest absolute Gasteiger partial charge is 0.454 e. The molecule has 2 aromatic rings. The fraction of sp³-hybridized carbons (Fsp3) is 0.524. The normalized spacial score (nSPS) is 13.9. The number of hydrogen-bond donors (Lipinski definition) is 0. The maximum atomic E-state index is 12.6. The molecule has 0 unspecified atom stereocenters. The number of Topliss-reactive ketones (excluding diaryl/α,β-unsaturated/α-hetero) is 1. The predicted molar refractivity (Wildman–Crippen MR) is 101 cm³/mol. The molecule has 1 fully saturated rings. The average molecular weight is 356 g/mol. The molecule has 140 valence electrons. The Balaban J connectivity index is 1.69. The van der Waals surface area contributed by atoms with E-state index in [4.69, 9.17) is 4.74 Å². The summed E-state index contributed by atoms with van der Waals surface area (Å²) in [5.41, 5.74) is 5.23. The van der Waals surface area contributed by atoms with Gasteiger partial charge in [0.25, 0.3) is 0 Å². The number of ether oxygens (including phenoxy) is 1. The second-order valence-electron chi connectivity index (χ2n) is 7.32. The molecule has 0 amide bonds. The molecule has 0 aliphatic heterocycles. The Bertz CT molecular complexity index is 853. The Hall–Kier alpha value is -2.30. The minimum atomic E-state index is -0.416. The van der Waals surface area contributed by atoms with E-state index < -0.39 is 5.97 Å². The first-order valence-corrected chi connectivity index (χ1v) is 9.40. The summed E-state index contributed by atoms with van der Waals surface area (Å²) in [6.45, 7) is 10.7. The van der Waals surface area contributed by atoms with E-state index in [-0.39, 0.29) is 12.4 Å². The second kappa shape index (κ2) is 7.14. The Morgan fingerprint density at radius 2 is 1.69 bits per heavy atom. The molecule has 0 spiro atoms. The highest BCUT2D eigenvalue weighted by atomic mass is 16.5. The Morgan fingerprint density at radius 1 is 1.04 bits per heavy atom. The molecule has 5 nitrogen and oxygen atoms in total. The van der Waals surface area contributed by atoms with E-state index in [1.165, 1.54) is 0 Å². The van der Waals surface area contributed by atoms with Crippen molar-refractivity contribution in [3.8, 4) is 0 Å². The van der Waals surface area contributed by atoms with E-state index in [0.717, 1.165) is 48.6 Å². The van der Waals surface area contributed by atoms with Crippen LogP contribution < -0.4 is 0 Å². The van der Waals surface area contributed by atoms with Gasteiger partial charge in [0.15, 0.2) is 6.61 Å². The van der Waals surface area contributed by atoms with Crippen LogP contribution in [0.3, 0.4) is 0 Å². The van der Waals surface area contributed by atoms with Gasteiger partial charge in [0.1, 0.15) is 0 Å². The van der Waals surface area contributed by atoms with Gasteiger partial charge in [-0.05, 0) is 59.1 Å². The quantitative estimate of drug-likeness (QED) is 0.549. The highest BCUT2D eigenvalue weighted by molar-refractivity contribution is 6.00. The van der Waals surface area contributed by atoms with Gasteiger partial charge in [-0.15, -0.1) is 0 Å². The lowest BCUT2D eigenvalue weighted by Crippen LogP contribution is -2.15. The number of aromatic nitrogens is 2. The summed E-state index contributed by atoms with van der Waals surface area (Å²) in [6, 6.07) is 4.27. The maximum absolute atomic E-state index is 12.6. The predicted octanol–water partition coefficient (Wildman–Crippen LogP) is 4.31. The summed E-state index contributed by atoms with van der Waals surface area (Å²) in [5.74, 6) is -0.564. The van der Waals surface area contributed by atoms with Gasteiger partial charge < -0.3 is 13.9 Å². The smallest absolute Gasteiger partial charge is 0.340 e. The van der Waals surface area contributed by atoms with Crippen molar-refractivity contribution in [3.05, 3.63) is 46.0 Å². The summed E-state index contributed by atoms with van der Waals surface area (Å²) >= 11 is 0. The third kappa shape index (κ3) is 3.35. The standard InChI is InChI=1S/C21H28N2O3/c1-6-9-22-13(2)10-18(15(22)4)20(24)12-26-21(25)19-11-14(3)23(16(19)5)17-7-8-17/h10-11,17H,6-9,12H2,1-5H3. The molecule has 26 heavy (non-hydrogen) atoms. The van der Waals surface area contributed by atoms with Crippen LogP contribution in [0.15, 0.2) is 12.1 Å². The van der Waals surface area contributed by atoms with Gasteiger partial charge in [-0.25, -0.2) is 4.79 Å². The van der Waals surface area contributed by atoms with Crippen molar-refractivity contribution >= 4 is 11.8 Å². The molecular formula is C21H28N2O3. The number of nitrogens with zero attached hydrogens (tertiary/aromatic N) is 2. The summed E-state index contributed by atoms with van der Waals surface area (Å²) in [6.07, 6.45) is 3.34. The van der Waals surface area contributed by atoms with Gasteiger partial charge >= 0.3 is 5.97 Å². The van der Waals surface area contributed by atoms with Crippen molar-refractivity contribution in [2.24, 2.45) is 0 Å². The summed E-state index contributed by atoms with van der Waals surface area (Å²) < 4.78 is 9.69. The van der Waals surface area contributed by atoms with Crippen LogP contribution in [0, 0.1) is 27.7 Å². The van der Waals surface area contributed by atoms with E-state index in [2.05, 4.69) is 16.1 Å². The molecule has 2 heterocycles. The topological polar surface area (TPSA) is 53.2 Å². The number of carbonyl (C=O) groups excluding carboxylic acids is 2. The summed E-state index contributed by atoms with van der Waals surface area (Å²) in [5, 5.41) is 0. The van der Waals surface area contributed by atoms with Crippen LogP contribution in [0.5, 0.6) is 0 Å². The molecule has 5 heteroatoms. The highest BCUT2D eigenvalue weighted by Gasteiger charge is 2.29. The molecule has 1 saturated carbocycles. The number of esters is 1. The third-order valence-corrected chi connectivity index (χ3v) is 5.27. The van der Waals surface area contributed by atoms with Crippen LogP contribution in [0.1, 0.15) is 75.7 Å². The minimum absolute atomic E-state index is 0.148. The van der Waals surface area contributed by atoms with Crippen LogP contribution in [0.4, 0.5) is 0 Å². The van der Waals surface area contributed by atoms with E-state index in [0.29, 0.717) is 17.2 Å². The second-order valence-corrected chi connectivity index (χ2v) is 7.32. The number of hydrogen-bond acceptors (Lipinski definition) is 3. The molecular weight excluding hydrogens is 328 g/mol. The van der Waals surface area contributed by atoms with E-state index in [1.807, 2.05) is 39.8 Å².